The highest BCUT2D eigenvalue weighted by atomic mass is 35.5. The predicted octanol–water partition coefficient (Wildman–Crippen LogP) is 3.98. The van der Waals surface area contributed by atoms with Crippen LogP contribution in [-0.4, -0.2) is 18.1 Å². The van der Waals surface area contributed by atoms with Crippen molar-refractivity contribution < 1.29 is 13.9 Å². The fraction of sp³-hybridized carbons (Fsp3) is 0.0769. The Morgan fingerprint density at radius 3 is 2.37 bits per heavy atom. The summed E-state index contributed by atoms with van der Waals surface area (Å²) in [7, 11) is 1.22. The van der Waals surface area contributed by atoms with Gasteiger partial charge >= 0.3 is 5.97 Å². The lowest BCUT2D eigenvalue weighted by Gasteiger charge is -2.05. The Balaban J connectivity index is 2.55. The maximum atomic E-state index is 13.4. The van der Waals surface area contributed by atoms with Gasteiger partial charge in [-0.3, -0.25) is 0 Å². The molecule has 0 spiro atoms. The molecule has 0 N–H and O–H groups in total. The number of ether oxygens (including phenoxy) is 1. The van der Waals surface area contributed by atoms with Crippen molar-refractivity contribution in [2.45, 2.75) is 0 Å². The quantitative estimate of drug-likeness (QED) is 0.622. The van der Waals surface area contributed by atoms with E-state index < -0.39 is 11.9 Å². The lowest BCUT2D eigenvalue weighted by atomic mass is 10.1. The number of aromatic nitrogens is 1. The normalized spacial score (nSPS) is 10.3. The fourth-order valence-electron chi connectivity index (χ4n) is 1.58. The molecule has 0 atom stereocenters. The van der Waals surface area contributed by atoms with Crippen LogP contribution in [0.25, 0.3) is 11.3 Å². The molecule has 0 amide bonds. The number of hydrogen-bond donors (Lipinski definition) is 0. The average molecular weight is 300 g/mol. The van der Waals surface area contributed by atoms with E-state index in [0.717, 1.165) is 6.07 Å². The van der Waals surface area contributed by atoms with Crippen molar-refractivity contribution in [3.63, 3.8) is 0 Å². The van der Waals surface area contributed by atoms with Gasteiger partial charge in [0, 0.05) is 21.7 Å². The van der Waals surface area contributed by atoms with Gasteiger partial charge in [0.2, 0.25) is 5.95 Å². The number of carbonyl (C=O) groups excluding carboxylic acids is 1. The van der Waals surface area contributed by atoms with E-state index in [0.29, 0.717) is 15.6 Å². The molecule has 0 fully saturated rings. The first-order valence-electron chi connectivity index (χ1n) is 5.22. The van der Waals surface area contributed by atoms with Crippen molar-refractivity contribution in [3.05, 3.63) is 51.9 Å². The maximum Gasteiger partial charge on any atom is 0.338 e. The Bertz CT molecular complexity index is 626. The Hall–Kier alpha value is -1.65. The number of carbonyl (C=O) groups is 1. The number of methoxy groups -OCH3 is 1. The number of benzene rings is 1. The van der Waals surface area contributed by atoms with Crippen LogP contribution >= 0.6 is 23.2 Å². The van der Waals surface area contributed by atoms with Gasteiger partial charge in [0.15, 0.2) is 0 Å². The van der Waals surface area contributed by atoms with Gasteiger partial charge in [-0.2, -0.15) is 4.39 Å². The summed E-state index contributed by atoms with van der Waals surface area (Å²) in [6, 6.07) is 7.12. The van der Waals surface area contributed by atoms with Crippen LogP contribution in [0.3, 0.4) is 0 Å². The van der Waals surface area contributed by atoms with E-state index >= 15 is 0 Å². The highest BCUT2D eigenvalue weighted by Gasteiger charge is 2.12. The molecule has 1 aromatic heterocycles. The SMILES string of the molecule is COC(=O)c1cc(F)nc(-c2cc(Cl)cc(Cl)c2)c1. The molecule has 2 aromatic rings. The van der Waals surface area contributed by atoms with E-state index in [1.165, 1.54) is 13.2 Å². The van der Waals surface area contributed by atoms with Gasteiger partial charge in [0.25, 0.3) is 0 Å². The van der Waals surface area contributed by atoms with Crippen LogP contribution in [-0.2, 0) is 4.74 Å². The molecule has 98 valence electrons. The molecule has 3 nitrogen and oxygen atoms in total. The van der Waals surface area contributed by atoms with Crippen molar-refractivity contribution in [1.82, 2.24) is 4.98 Å². The van der Waals surface area contributed by atoms with Gasteiger partial charge < -0.3 is 4.74 Å². The van der Waals surface area contributed by atoms with Crippen molar-refractivity contribution in [2.75, 3.05) is 7.11 Å². The zero-order valence-electron chi connectivity index (χ0n) is 9.78. The molecule has 0 saturated heterocycles. The molecule has 1 aromatic carbocycles. The highest BCUT2D eigenvalue weighted by Crippen LogP contribution is 2.27. The van der Waals surface area contributed by atoms with E-state index in [4.69, 9.17) is 23.2 Å². The highest BCUT2D eigenvalue weighted by molar-refractivity contribution is 6.35. The molecule has 0 unspecified atom stereocenters. The molecule has 6 heteroatoms. The van der Waals surface area contributed by atoms with Crippen molar-refractivity contribution in [2.24, 2.45) is 0 Å². The minimum absolute atomic E-state index is 0.0705. The molecular weight excluding hydrogens is 292 g/mol. The van der Waals surface area contributed by atoms with Crippen LogP contribution < -0.4 is 0 Å². The molecule has 0 saturated carbocycles. The molecule has 1 heterocycles. The van der Waals surface area contributed by atoms with E-state index in [2.05, 4.69) is 9.72 Å². The van der Waals surface area contributed by atoms with Crippen LogP contribution in [0, 0.1) is 5.95 Å². The average Bonchev–Trinajstić information content (AvgIpc) is 2.36. The monoisotopic (exact) mass is 299 g/mol. The number of esters is 1. The first-order chi connectivity index (χ1) is 8.99. The summed E-state index contributed by atoms with van der Waals surface area (Å²) in [4.78, 5) is 15.1. The lowest BCUT2D eigenvalue weighted by molar-refractivity contribution is 0.0600. The van der Waals surface area contributed by atoms with Gasteiger partial charge in [-0.05, 0) is 24.3 Å². The summed E-state index contributed by atoms with van der Waals surface area (Å²) in [6.07, 6.45) is 0. The Labute approximate surface area is 118 Å². The van der Waals surface area contributed by atoms with Crippen LogP contribution in [0.2, 0.25) is 10.0 Å². The molecule has 2 rings (SSSR count). The van der Waals surface area contributed by atoms with Crippen molar-refractivity contribution in [3.8, 4) is 11.3 Å². The van der Waals surface area contributed by atoms with Crippen LogP contribution in [0.5, 0.6) is 0 Å². The largest absolute Gasteiger partial charge is 0.465 e. The molecule has 0 aliphatic heterocycles. The topological polar surface area (TPSA) is 39.2 Å². The first-order valence-corrected chi connectivity index (χ1v) is 5.97. The lowest BCUT2D eigenvalue weighted by Crippen LogP contribution is -2.03. The van der Waals surface area contributed by atoms with Gasteiger partial charge in [-0.25, -0.2) is 9.78 Å². The van der Waals surface area contributed by atoms with E-state index in [-0.39, 0.29) is 11.3 Å². The smallest absolute Gasteiger partial charge is 0.338 e. The Morgan fingerprint density at radius 1 is 1.16 bits per heavy atom. The molecular formula is C13H8Cl2FNO2. The maximum absolute atomic E-state index is 13.4. The fourth-order valence-corrected chi connectivity index (χ4v) is 2.11. The van der Waals surface area contributed by atoms with Crippen molar-refractivity contribution >= 4 is 29.2 Å². The second-order valence-corrected chi connectivity index (χ2v) is 4.59. The minimum Gasteiger partial charge on any atom is -0.465 e. The third kappa shape index (κ3) is 3.22. The third-order valence-electron chi connectivity index (χ3n) is 2.37. The zero-order valence-corrected chi connectivity index (χ0v) is 11.3. The number of rotatable bonds is 2. The van der Waals surface area contributed by atoms with Crippen LogP contribution in [0.4, 0.5) is 4.39 Å². The minimum atomic E-state index is -0.783. The summed E-state index contributed by atoms with van der Waals surface area (Å²) >= 11 is 11.7. The molecule has 0 aliphatic rings. The zero-order chi connectivity index (χ0) is 14.0. The third-order valence-corrected chi connectivity index (χ3v) is 2.81. The molecule has 0 aliphatic carbocycles. The van der Waals surface area contributed by atoms with E-state index in [9.17, 15) is 9.18 Å². The van der Waals surface area contributed by atoms with Crippen molar-refractivity contribution in [1.29, 1.82) is 0 Å². The van der Waals surface area contributed by atoms with Crippen LogP contribution in [0.1, 0.15) is 10.4 Å². The molecule has 0 bridgehead atoms. The summed E-state index contributed by atoms with van der Waals surface area (Å²) in [5.74, 6) is -1.43. The summed E-state index contributed by atoms with van der Waals surface area (Å²) in [6.45, 7) is 0. The van der Waals surface area contributed by atoms with E-state index in [1.54, 1.807) is 18.2 Å². The van der Waals surface area contributed by atoms with Gasteiger partial charge in [-0.15, -0.1) is 0 Å². The second-order valence-electron chi connectivity index (χ2n) is 3.71. The van der Waals surface area contributed by atoms with Crippen LogP contribution in [0.15, 0.2) is 30.3 Å². The standard InChI is InChI=1S/C13H8Cl2FNO2/c1-19-13(18)8-4-11(17-12(16)5-8)7-2-9(14)6-10(15)3-7/h2-6H,1H3. The first kappa shape index (κ1) is 13.8. The Kier molecular flexibility index (Phi) is 4.02. The van der Waals surface area contributed by atoms with E-state index in [1.807, 2.05) is 0 Å². The predicted molar refractivity (Wildman–Crippen MR) is 71.0 cm³/mol. The molecule has 19 heavy (non-hydrogen) atoms. The number of pyridine rings is 1. The Morgan fingerprint density at radius 2 is 1.79 bits per heavy atom. The molecule has 0 radical (unpaired) electrons. The van der Waals surface area contributed by atoms with Gasteiger partial charge in [-0.1, -0.05) is 23.2 Å². The van der Waals surface area contributed by atoms with Gasteiger partial charge in [0.05, 0.1) is 18.4 Å². The second kappa shape index (κ2) is 5.55. The number of nitrogens with zero attached hydrogens (tertiary/aromatic N) is 1. The number of halogens is 3. The number of hydrogen-bond acceptors (Lipinski definition) is 3. The van der Waals surface area contributed by atoms with Gasteiger partial charge in [0.1, 0.15) is 0 Å². The summed E-state index contributed by atoms with van der Waals surface area (Å²) < 4.78 is 18.0. The summed E-state index contributed by atoms with van der Waals surface area (Å²) in [5.41, 5.74) is 0.841. The summed E-state index contributed by atoms with van der Waals surface area (Å²) in [5, 5.41) is 0.793.